The highest BCUT2D eigenvalue weighted by atomic mass is 16.5. The number of carboxylic acids is 1. The van der Waals surface area contributed by atoms with E-state index < -0.39 is 5.97 Å². The van der Waals surface area contributed by atoms with E-state index in [4.69, 9.17) is 14.6 Å². The highest BCUT2D eigenvalue weighted by Gasteiger charge is 2.26. The van der Waals surface area contributed by atoms with Crippen LogP contribution < -0.4 is 4.74 Å². The maximum atomic E-state index is 11.1. The Bertz CT molecular complexity index is 762. The van der Waals surface area contributed by atoms with Gasteiger partial charge in [0.2, 0.25) is 5.76 Å². The SMILES string of the molecule is CO/C=C(\Oc1cc(-n2ncc(C3CC3)n2)ccc1C)C(=O)O. The highest BCUT2D eigenvalue weighted by molar-refractivity contribution is 5.84. The van der Waals surface area contributed by atoms with Gasteiger partial charge in [-0.15, -0.1) is 0 Å². The first-order valence-corrected chi connectivity index (χ1v) is 7.26. The number of rotatable bonds is 6. The Morgan fingerprint density at radius 3 is 2.87 bits per heavy atom. The quantitative estimate of drug-likeness (QED) is 0.650. The summed E-state index contributed by atoms with van der Waals surface area (Å²) in [6.45, 7) is 1.83. The third-order valence-corrected chi connectivity index (χ3v) is 3.56. The summed E-state index contributed by atoms with van der Waals surface area (Å²) in [7, 11) is 1.36. The van der Waals surface area contributed by atoms with Crippen LogP contribution in [0.1, 0.15) is 30.0 Å². The molecule has 0 aliphatic heterocycles. The van der Waals surface area contributed by atoms with Crippen molar-refractivity contribution >= 4 is 5.97 Å². The van der Waals surface area contributed by atoms with Gasteiger partial charge in [0.1, 0.15) is 12.0 Å². The third kappa shape index (κ3) is 3.33. The molecule has 0 radical (unpaired) electrons. The van der Waals surface area contributed by atoms with Gasteiger partial charge in [-0.1, -0.05) is 6.07 Å². The van der Waals surface area contributed by atoms with Gasteiger partial charge in [-0.2, -0.15) is 15.0 Å². The molecule has 2 aromatic rings. The molecule has 1 aliphatic carbocycles. The average Bonchev–Trinajstić information content (AvgIpc) is 3.26. The van der Waals surface area contributed by atoms with Gasteiger partial charge < -0.3 is 14.6 Å². The minimum Gasteiger partial charge on any atom is -0.500 e. The molecule has 7 heteroatoms. The van der Waals surface area contributed by atoms with Crippen molar-refractivity contribution in [2.45, 2.75) is 25.7 Å². The molecule has 7 nitrogen and oxygen atoms in total. The van der Waals surface area contributed by atoms with Gasteiger partial charge in [0, 0.05) is 12.0 Å². The zero-order chi connectivity index (χ0) is 16.4. The number of hydrogen-bond acceptors (Lipinski definition) is 5. The molecule has 0 saturated heterocycles. The van der Waals surface area contributed by atoms with Crippen LogP contribution >= 0.6 is 0 Å². The van der Waals surface area contributed by atoms with Crippen LogP contribution in [-0.2, 0) is 9.53 Å². The first-order valence-electron chi connectivity index (χ1n) is 7.26. The number of nitrogens with zero attached hydrogens (tertiary/aromatic N) is 3. The second-order valence-corrected chi connectivity index (χ2v) is 5.41. The van der Waals surface area contributed by atoms with Gasteiger partial charge in [0.25, 0.3) is 0 Å². The topological polar surface area (TPSA) is 86.5 Å². The Labute approximate surface area is 133 Å². The minimum atomic E-state index is -1.20. The van der Waals surface area contributed by atoms with Gasteiger partial charge in [0.15, 0.2) is 0 Å². The van der Waals surface area contributed by atoms with Crippen LogP contribution in [0.4, 0.5) is 0 Å². The van der Waals surface area contributed by atoms with Crippen LogP contribution in [-0.4, -0.2) is 33.2 Å². The van der Waals surface area contributed by atoms with E-state index in [0.717, 1.165) is 30.4 Å². The lowest BCUT2D eigenvalue weighted by molar-refractivity contribution is -0.135. The standard InChI is InChI=1S/C16H17N3O4/c1-10-3-6-12(19-17-8-13(18-19)11-4-5-11)7-14(10)23-15(9-22-2)16(20)21/h3,6-9,11H,4-5H2,1-2H3,(H,20,21)/b15-9-. The van der Waals surface area contributed by atoms with Crippen LogP contribution in [0, 0.1) is 6.92 Å². The van der Waals surface area contributed by atoms with Gasteiger partial charge in [-0.05, 0) is 31.4 Å². The number of aromatic nitrogens is 3. The van der Waals surface area contributed by atoms with Crippen molar-refractivity contribution in [3.8, 4) is 11.4 Å². The van der Waals surface area contributed by atoms with Crippen molar-refractivity contribution < 1.29 is 19.4 Å². The number of carboxylic acid groups (broad SMARTS) is 1. The highest BCUT2D eigenvalue weighted by Crippen LogP contribution is 2.38. The molecule has 1 aliphatic rings. The number of methoxy groups -OCH3 is 1. The predicted octanol–water partition coefficient (Wildman–Crippen LogP) is 2.40. The van der Waals surface area contributed by atoms with Crippen molar-refractivity contribution in [1.82, 2.24) is 15.0 Å². The number of aryl methyl sites for hydroxylation is 1. The van der Waals surface area contributed by atoms with Crippen LogP contribution in [0.5, 0.6) is 5.75 Å². The molecule has 1 N–H and O–H groups in total. The molecule has 1 fully saturated rings. The summed E-state index contributed by atoms with van der Waals surface area (Å²) in [5.74, 6) is -0.559. The molecule has 0 amide bonds. The van der Waals surface area contributed by atoms with Crippen molar-refractivity contribution in [2.75, 3.05) is 7.11 Å². The fourth-order valence-electron chi connectivity index (χ4n) is 2.13. The van der Waals surface area contributed by atoms with Gasteiger partial charge in [-0.25, -0.2) is 4.79 Å². The number of ether oxygens (including phenoxy) is 2. The van der Waals surface area contributed by atoms with E-state index in [-0.39, 0.29) is 5.76 Å². The van der Waals surface area contributed by atoms with E-state index in [9.17, 15) is 4.79 Å². The number of carbonyl (C=O) groups is 1. The lowest BCUT2D eigenvalue weighted by Crippen LogP contribution is -2.09. The van der Waals surface area contributed by atoms with Crippen molar-refractivity contribution in [3.05, 3.63) is 47.7 Å². The van der Waals surface area contributed by atoms with Gasteiger partial charge in [0.05, 0.1) is 24.7 Å². The van der Waals surface area contributed by atoms with E-state index >= 15 is 0 Å². The molecule has 0 unspecified atom stereocenters. The molecule has 1 saturated carbocycles. The first-order chi connectivity index (χ1) is 11.1. The molecular weight excluding hydrogens is 298 g/mol. The molecule has 0 atom stereocenters. The second-order valence-electron chi connectivity index (χ2n) is 5.41. The average molecular weight is 315 g/mol. The van der Waals surface area contributed by atoms with Crippen LogP contribution in [0.2, 0.25) is 0 Å². The Hall–Kier alpha value is -2.83. The molecule has 23 heavy (non-hydrogen) atoms. The maximum Gasteiger partial charge on any atom is 0.375 e. The van der Waals surface area contributed by atoms with E-state index in [2.05, 4.69) is 10.2 Å². The molecule has 0 spiro atoms. The normalized spacial score (nSPS) is 14.6. The lowest BCUT2D eigenvalue weighted by Gasteiger charge is -2.10. The predicted molar refractivity (Wildman–Crippen MR) is 81.4 cm³/mol. The summed E-state index contributed by atoms with van der Waals surface area (Å²) in [5, 5.41) is 17.8. The third-order valence-electron chi connectivity index (χ3n) is 3.56. The van der Waals surface area contributed by atoms with Gasteiger partial charge in [-0.3, -0.25) is 0 Å². The molecule has 120 valence electrons. The van der Waals surface area contributed by atoms with Crippen molar-refractivity contribution in [3.63, 3.8) is 0 Å². The number of hydrogen-bond donors (Lipinski definition) is 1. The monoisotopic (exact) mass is 315 g/mol. The van der Waals surface area contributed by atoms with E-state index in [1.165, 1.54) is 11.9 Å². The van der Waals surface area contributed by atoms with Gasteiger partial charge >= 0.3 is 5.97 Å². The van der Waals surface area contributed by atoms with E-state index in [0.29, 0.717) is 17.4 Å². The maximum absolute atomic E-state index is 11.1. The van der Waals surface area contributed by atoms with Crippen molar-refractivity contribution in [2.24, 2.45) is 0 Å². The van der Waals surface area contributed by atoms with Crippen LogP contribution in [0.15, 0.2) is 36.4 Å². The lowest BCUT2D eigenvalue weighted by atomic mass is 10.2. The fraction of sp³-hybridized carbons (Fsp3) is 0.312. The summed E-state index contributed by atoms with van der Waals surface area (Å²) in [6, 6.07) is 5.40. The summed E-state index contributed by atoms with van der Waals surface area (Å²) in [5.41, 5.74) is 2.49. The zero-order valence-electron chi connectivity index (χ0n) is 12.9. The summed E-state index contributed by atoms with van der Waals surface area (Å²) in [4.78, 5) is 12.7. The molecule has 0 bridgehead atoms. The summed E-state index contributed by atoms with van der Waals surface area (Å²) >= 11 is 0. The molecule has 3 rings (SSSR count). The van der Waals surface area contributed by atoms with Crippen LogP contribution in [0.3, 0.4) is 0 Å². The summed E-state index contributed by atoms with van der Waals surface area (Å²) < 4.78 is 10.2. The first kappa shape index (κ1) is 15.1. The molecular formula is C16H17N3O4. The Kier molecular flexibility index (Phi) is 4.01. The summed E-state index contributed by atoms with van der Waals surface area (Å²) in [6.07, 6.45) is 5.13. The molecule has 1 aromatic carbocycles. The van der Waals surface area contributed by atoms with Crippen molar-refractivity contribution in [1.29, 1.82) is 0 Å². The fourth-order valence-corrected chi connectivity index (χ4v) is 2.13. The Morgan fingerprint density at radius 2 is 2.22 bits per heavy atom. The van der Waals surface area contributed by atoms with E-state index in [1.807, 2.05) is 19.1 Å². The van der Waals surface area contributed by atoms with Crippen LogP contribution in [0.25, 0.3) is 5.69 Å². The van der Waals surface area contributed by atoms with E-state index in [1.54, 1.807) is 12.3 Å². The Balaban J connectivity index is 1.88. The largest absolute Gasteiger partial charge is 0.500 e. The second kappa shape index (κ2) is 6.12. The zero-order valence-corrected chi connectivity index (χ0v) is 12.9. The molecule has 1 aromatic heterocycles. The smallest absolute Gasteiger partial charge is 0.375 e. The number of aliphatic carboxylic acids is 1. The Morgan fingerprint density at radius 1 is 1.43 bits per heavy atom. The molecule has 1 heterocycles. The minimum absolute atomic E-state index is 0.292. The number of benzene rings is 1.